The second-order valence-corrected chi connectivity index (χ2v) is 4.40. The number of benzene rings is 1. The van der Waals surface area contributed by atoms with Gasteiger partial charge in [-0.15, -0.1) is 0 Å². The van der Waals surface area contributed by atoms with E-state index in [-0.39, 0.29) is 5.82 Å². The number of ether oxygens (including phenoxy) is 2. The molecule has 0 atom stereocenters. The lowest BCUT2D eigenvalue weighted by Gasteiger charge is -2.10. The van der Waals surface area contributed by atoms with Crippen molar-refractivity contribution in [1.29, 1.82) is 0 Å². The lowest BCUT2D eigenvalue weighted by atomic mass is 10.1. The van der Waals surface area contributed by atoms with E-state index in [0.29, 0.717) is 29.9 Å². The first-order valence-corrected chi connectivity index (χ1v) is 6.22. The third-order valence-electron chi connectivity index (χ3n) is 2.34. The van der Waals surface area contributed by atoms with Gasteiger partial charge in [-0.1, -0.05) is 0 Å². The fraction of sp³-hybridized carbons (Fsp3) is 0.500. The molecule has 0 radical (unpaired) electrons. The summed E-state index contributed by atoms with van der Waals surface area (Å²) in [5, 5.41) is 3.00. The average Bonchev–Trinajstić information content (AvgIpc) is 2.33. The summed E-state index contributed by atoms with van der Waals surface area (Å²) in [6.45, 7) is 2.08. The highest BCUT2D eigenvalue weighted by Crippen LogP contribution is 2.26. The molecule has 17 heavy (non-hydrogen) atoms. The van der Waals surface area contributed by atoms with Crippen molar-refractivity contribution in [3.05, 3.63) is 28.0 Å². The molecule has 1 rings (SSSR count). The third-order valence-corrected chi connectivity index (χ3v) is 2.94. The summed E-state index contributed by atoms with van der Waals surface area (Å²) in [4.78, 5) is 0. The Kier molecular flexibility index (Phi) is 6.47. The highest BCUT2D eigenvalue weighted by atomic mass is 79.9. The first kappa shape index (κ1) is 14.4. The molecule has 0 aromatic heterocycles. The largest absolute Gasteiger partial charge is 0.496 e. The molecule has 0 spiro atoms. The normalized spacial score (nSPS) is 10.6. The van der Waals surface area contributed by atoms with E-state index in [1.165, 1.54) is 13.2 Å². The van der Waals surface area contributed by atoms with Crippen LogP contribution < -0.4 is 10.1 Å². The summed E-state index contributed by atoms with van der Waals surface area (Å²) in [6, 6.07) is 3.11. The van der Waals surface area contributed by atoms with Crippen molar-refractivity contribution >= 4 is 15.9 Å². The fourth-order valence-corrected chi connectivity index (χ4v) is 1.80. The van der Waals surface area contributed by atoms with Crippen molar-refractivity contribution in [2.24, 2.45) is 0 Å². The molecule has 0 unspecified atom stereocenters. The van der Waals surface area contributed by atoms with Crippen LogP contribution in [0.1, 0.15) is 5.56 Å². The van der Waals surface area contributed by atoms with E-state index < -0.39 is 0 Å². The molecule has 3 nitrogen and oxygen atoms in total. The van der Waals surface area contributed by atoms with E-state index in [1.807, 2.05) is 7.05 Å². The van der Waals surface area contributed by atoms with Crippen LogP contribution in [0.2, 0.25) is 0 Å². The molecule has 1 aromatic carbocycles. The zero-order chi connectivity index (χ0) is 12.7. The molecule has 0 heterocycles. The lowest BCUT2D eigenvalue weighted by Crippen LogP contribution is -2.15. The molecule has 0 aliphatic heterocycles. The van der Waals surface area contributed by atoms with Crippen molar-refractivity contribution in [1.82, 2.24) is 5.32 Å². The van der Waals surface area contributed by atoms with Crippen LogP contribution in [0, 0.1) is 5.82 Å². The predicted octanol–water partition coefficient (Wildman–Crippen LogP) is 2.38. The van der Waals surface area contributed by atoms with Gasteiger partial charge in [-0.25, -0.2) is 4.39 Å². The summed E-state index contributed by atoms with van der Waals surface area (Å²) in [6.07, 6.45) is 0.700. The zero-order valence-corrected chi connectivity index (χ0v) is 11.6. The number of methoxy groups -OCH3 is 1. The second-order valence-electron chi connectivity index (χ2n) is 3.54. The van der Waals surface area contributed by atoms with E-state index in [2.05, 4.69) is 21.2 Å². The van der Waals surface area contributed by atoms with Gasteiger partial charge in [-0.05, 0) is 41.0 Å². The van der Waals surface area contributed by atoms with Gasteiger partial charge >= 0.3 is 0 Å². The van der Waals surface area contributed by atoms with Crippen LogP contribution in [-0.4, -0.2) is 33.9 Å². The van der Waals surface area contributed by atoms with E-state index in [1.54, 1.807) is 6.07 Å². The van der Waals surface area contributed by atoms with Gasteiger partial charge in [0.1, 0.15) is 11.6 Å². The highest BCUT2D eigenvalue weighted by Gasteiger charge is 2.08. The van der Waals surface area contributed by atoms with Crippen molar-refractivity contribution < 1.29 is 13.9 Å². The summed E-state index contributed by atoms with van der Waals surface area (Å²) in [5.74, 6) is 0.240. The first-order chi connectivity index (χ1) is 8.19. The first-order valence-electron chi connectivity index (χ1n) is 5.43. The Balaban J connectivity index is 2.54. The third kappa shape index (κ3) is 4.61. The minimum absolute atomic E-state index is 0.318. The summed E-state index contributed by atoms with van der Waals surface area (Å²) < 4.78 is 24.3. The van der Waals surface area contributed by atoms with E-state index >= 15 is 0 Å². The van der Waals surface area contributed by atoms with Gasteiger partial charge in [0.15, 0.2) is 0 Å². The van der Waals surface area contributed by atoms with Gasteiger partial charge in [0.05, 0.1) is 24.8 Å². The molecule has 0 aliphatic carbocycles. The van der Waals surface area contributed by atoms with E-state index in [9.17, 15) is 4.39 Å². The Labute approximate surface area is 109 Å². The van der Waals surface area contributed by atoms with Crippen LogP contribution in [-0.2, 0) is 11.2 Å². The van der Waals surface area contributed by atoms with Crippen molar-refractivity contribution in [2.45, 2.75) is 6.42 Å². The maximum atomic E-state index is 13.3. The van der Waals surface area contributed by atoms with Gasteiger partial charge in [0, 0.05) is 12.6 Å². The molecule has 5 heteroatoms. The Morgan fingerprint density at radius 3 is 2.76 bits per heavy atom. The Morgan fingerprint density at radius 1 is 1.35 bits per heavy atom. The lowest BCUT2D eigenvalue weighted by molar-refractivity contribution is 0.140. The maximum absolute atomic E-state index is 13.3. The molecule has 0 amide bonds. The molecular formula is C12H17BrFNO2. The molecule has 1 N–H and O–H groups in total. The number of hydrogen-bond acceptors (Lipinski definition) is 3. The van der Waals surface area contributed by atoms with Crippen LogP contribution in [0.5, 0.6) is 5.75 Å². The number of nitrogens with one attached hydrogen (secondary N) is 1. The Bertz CT molecular complexity index is 361. The van der Waals surface area contributed by atoms with Crippen LogP contribution in [0.25, 0.3) is 0 Å². The number of hydrogen-bond donors (Lipinski definition) is 1. The molecule has 0 aliphatic rings. The van der Waals surface area contributed by atoms with Gasteiger partial charge in [-0.3, -0.25) is 0 Å². The quantitative estimate of drug-likeness (QED) is 0.785. The van der Waals surface area contributed by atoms with Gasteiger partial charge < -0.3 is 14.8 Å². The molecule has 0 saturated carbocycles. The Hall–Kier alpha value is -0.650. The van der Waals surface area contributed by atoms with E-state index in [0.717, 1.165) is 12.1 Å². The van der Waals surface area contributed by atoms with Crippen molar-refractivity contribution in [2.75, 3.05) is 33.9 Å². The summed E-state index contributed by atoms with van der Waals surface area (Å²) >= 11 is 3.16. The summed E-state index contributed by atoms with van der Waals surface area (Å²) in [5.41, 5.74) is 0.935. The number of likely N-dealkylation sites (N-methyl/N-ethyl adjacent to an activating group) is 1. The second kappa shape index (κ2) is 7.63. The predicted molar refractivity (Wildman–Crippen MR) is 69.1 cm³/mol. The standard InChI is InChI=1S/C12H17BrFNO2/c1-15-4-6-17-5-3-9-7-10(13)11(14)8-12(9)16-2/h7-8,15H,3-6H2,1-2H3. The molecule has 96 valence electrons. The molecule has 0 saturated heterocycles. The fourth-order valence-electron chi connectivity index (χ4n) is 1.41. The van der Waals surface area contributed by atoms with Crippen LogP contribution in [0.4, 0.5) is 4.39 Å². The van der Waals surface area contributed by atoms with Gasteiger partial charge in [-0.2, -0.15) is 0 Å². The zero-order valence-electron chi connectivity index (χ0n) is 10.1. The van der Waals surface area contributed by atoms with Crippen LogP contribution in [0.3, 0.4) is 0 Å². The number of rotatable bonds is 7. The smallest absolute Gasteiger partial charge is 0.141 e. The van der Waals surface area contributed by atoms with Crippen LogP contribution in [0.15, 0.2) is 16.6 Å². The molecule has 1 aromatic rings. The molecular weight excluding hydrogens is 289 g/mol. The summed E-state index contributed by atoms with van der Waals surface area (Å²) in [7, 11) is 3.41. The Morgan fingerprint density at radius 2 is 2.12 bits per heavy atom. The van der Waals surface area contributed by atoms with Crippen molar-refractivity contribution in [3.8, 4) is 5.75 Å². The minimum atomic E-state index is -0.318. The maximum Gasteiger partial charge on any atom is 0.141 e. The van der Waals surface area contributed by atoms with Gasteiger partial charge in [0.2, 0.25) is 0 Å². The SMILES string of the molecule is CNCCOCCc1cc(Br)c(F)cc1OC. The molecule has 0 fully saturated rings. The average molecular weight is 306 g/mol. The van der Waals surface area contributed by atoms with Gasteiger partial charge in [0.25, 0.3) is 0 Å². The number of halogens is 2. The molecule has 0 bridgehead atoms. The highest BCUT2D eigenvalue weighted by molar-refractivity contribution is 9.10. The van der Waals surface area contributed by atoms with Crippen LogP contribution >= 0.6 is 15.9 Å². The van der Waals surface area contributed by atoms with E-state index in [4.69, 9.17) is 9.47 Å². The monoisotopic (exact) mass is 305 g/mol. The van der Waals surface area contributed by atoms with Crippen molar-refractivity contribution in [3.63, 3.8) is 0 Å². The topological polar surface area (TPSA) is 30.5 Å². The minimum Gasteiger partial charge on any atom is -0.496 e.